The second-order valence-electron chi connectivity index (χ2n) is 5.64. The molecular weight excluding hydrogens is 302 g/mol. The minimum atomic E-state index is -0.117. The van der Waals surface area contributed by atoms with Gasteiger partial charge >= 0.3 is 0 Å². The average molecular weight is 326 g/mol. The Morgan fingerprint density at radius 1 is 1.32 bits per heavy atom. The Labute approximate surface area is 137 Å². The van der Waals surface area contributed by atoms with Gasteiger partial charge in [-0.1, -0.05) is 30.9 Å². The predicted octanol–water partition coefficient (Wildman–Crippen LogP) is 4.06. The van der Waals surface area contributed by atoms with Crippen LogP contribution in [0.4, 0.5) is 0 Å². The van der Waals surface area contributed by atoms with Crippen LogP contribution in [0, 0.1) is 5.92 Å². The average Bonchev–Trinajstić information content (AvgIpc) is 2.55. The molecule has 1 saturated carbocycles. The molecule has 1 fully saturated rings. The molecule has 0 heterocycles. The van der Waals surface area contributed by atoms with Gasteiger partial charge in [0.25, 0.3) is 5.91 Å². The predicted molar refractivity (Wildman–Crippen MR) is 88.1 cm³/mol. The number of hydrogen-bond acceptors (Lipinski definition) is 3. The molecule has 0 aromatic heterocycles. The van der Waals surface area contributed by atoms with Crippen molar-refractivity contribution in [2.75, 3.05) is 20.3 Å². The Morgan fingerprint density at radius 2 is 2.05 bits per heavy atom. The first-order valence-corrected chi connectivity index (χ1v) is 8.32. The van der Waals surface area contributed by atoms with Crippen LogP contribution in [0.2, 0.25) is 5.02 Å². The maximum Gasteiger partial charge on any atom is 0.251 e. The van der Waals surface area contributed by atoms with Crippen LogP contribution >= 0.6 is 11.6 Å². The molecule has 22 heavy (non-hydrogen) atoms. The SMILES string of the molecule is CCOc1c(Cl)cc(C(=O)NCC2CCCCC2)cc1OC. The summed E-state index contributed by atoms with van der Waals surface area (Å²) in [4.78, 5) is 12.3. The fraction of sp³-hybridized carbons (Fsp3) is 0.588. The smallest absolute Gasteiger partial charge is 0.251 e. The Kier molecular flexibility index (Phi) is 6.37. The highest BCUT2D eigenvalue weighted by molar-refractivity contribution is 6.32. The fourth-order valence-corrected chi connectivity index (χ4v) is 3.13. The minimum absolute atomic E-state index is 0.117. The highest BCUT2D eigenvalue weighted by Crippen LogP contribution is 2.36. The molecule has 1 amide bonds. The van der Waals surface area contributed by atoms with Gasteiger partial charge in [0.15, 0.2) is 11.5 Å². The van der Waals surface area contributed by atoms with Gasteiger partial charge in [-0.2, -0.15) is 0 Å². The third-order valence-corrected chi connectivity index (χ3v) is 4.34. The van der Waals surface area contributed by atoms with Crippen LogP contribution in [-0.4, -0.2) is 26.2 Å². The number of benzene rings is 1. The maximum absolute atomic E-state index is 12.3. The van der Waals surface area contributed by atoms with Crippen molar-refractivity contribution in [3.8, 4) is 11.5 Å². The highest BCUT2D eigenvalue weighted by atomic mass is 35.5. The van der Waals surface area contributed by atoms with Gasteiger partial charge in [-0.05, 0) is 37.8 Å². The van der Waals surface area contributed by atoms with Crippen LogP contribution in [0.5, 0.6) is 11.5 Å². The number of ether oxygens (including phenoxy) is 2. The van der Waals surface area contributed by atoms with Crippen LogP contribution in [0.3, 0.4) is 0 Å². The molecule has 122 valence electrons. The largest absolute Gasteiger partial charge is 0.493 e. The number of carbonyl (C=O) groups is 1. The van der Waals surface area contributed by atoms with Crippen molar-refractivity contribution < 1.29 is 14.3 Å². The molecule has 0 saturated heterocycles. The van der Waals surface area contributed by atoms with E-state index in [1.54, 1.807) is 12.1 Å². The zero-order valence-electron chi connectivity index (χ0n) is 13.3. The molecule has 5 heteroatoms. The van der Waals surface area contributed by atoms with Gasteiger partial charge in [-0.3, -0.25) is 4.79 Å². The van der Waals surface area contributed by atoms with Crippen molar-refractivity contribution in [2.24, 2.45) is 5.92 Å². The molecule has 0 bridgehead atoms. The first kappa shape index (κ1) is 16.9. The Balaban J connectivity index is 2.04. The van der Waals surface area contributed by atoms with Gasteiger partial charge in [0.05, 0.1) is 18.7 Å². The Bertz CT molecular complexity index is 513. The van der Waals surface area contributed by atoms with E-state index in [0.717, 1.165) is 6.54 Å². The minimum Gasteiger partial charge on any atom is -0.493 e. The van der Waals surface area contributed by atoms with Gasteiger partial charge < -0.3 is 14.8 Å². The van der Waals surface area contributed by atoms with Gasteiger partial charge in [0.2, 0.25) is 0 Å². The lowest BCUT2D eigenvalue weighted by molar-refractivity contribution is 0.0943. The summed E-state index contributed by atoms with van der Waals surface area (Å²) in [6, 6.07) is 3.30. The normalized spacial score (nSPS) is 15.4. The summed E-state index contributed by atoms with van der Waals surface area (Å²) in [6.07, 6.45) is 6.25. The number of hydrogen-bond donors (Lipinski definition) is 1. The van der Waals surface area contributed by atoms with E-state index in [1.165, 1.54) is 39.2 Å². The first-order valence-electron chi connectivity index (χ1n) is 7.94. The molecule has 1 aromatic rings. The van der Waals surface area contributed by atoms with Crippen molar-refractivity contribution in [3.05, 3.63) is 22.7 Å². The molecule has 0 unspecified atom stereocenters. The van der Waals surface area contributed by atoms with E-state index >= 15 is 0 Å². The lowest BCUT2D eigenvalue weighted by Gasteiger charge is -2.21. The number of amides is 1. The zero-order valence-corrected chi connectivity index (χ0v) is 14.0. The Hall–Kier alpha value is -1.42. The summed E-state index contributed by atoms with van der Waals surface area (Å²) in [5, 5.41) is 3.40. The van der Waals surface area contributed by atoms with Gasteiger partial charge in [-0.15, -0.1) is 0 Å². The van der Waals surface area contributed by atoms with Crippen LogP contribution in [0.25, 0.3) is 0 Å². The third kappa shape index (κ3) is 4.29. The molecule has 0 radical (unpaired) electrons. The molecule has 1 aromatic carbocycles. The molecule has 0 spiro atoms. The molecule has 0 aliphatic heterocycles. The lowest BCUT2D eigenvalue weighted by Crippen LogP contribution is -2.30. The lowest BCUT2D eigenvalue weighted by atomic mass is 9.89. The van der Waals surface area contributed by atoms with Gasteiger partial charge in [0, 0.05) is 12.1 Å². The van der Waals surface area contributed by atoms with Crippen LogP contribution in [-0.2, 0) is 0 Å². The summed E-state index contributed by atoms with van der Waals surface area (Å²) in [6.45, 7) is 3.09. The quantitative estimate of drug-likeness (QED) is 0.858. The standard InChI is InChI=1S/C17H24ClNO3/c1-3-22-16-14(18)9-13(10-15(16)21-2)17(20)19-11-12-7-5-4-6-8-12/h9-10,12H,3-8,11H2,1-2H3,(H,19,20). The van der Waals surface area contributed by atoms with Crippen molar-refractivity contribution >= 4 is 17.5 Å². The van der Waals surface area contributed by atoms with E-state index in [0.29, 0.717) is 34.6 Å². The molecule has 2 rings (SSSR count). The maximum atomic E-state index is 12.3. The summed E-state index contributed by atoms with van der Waals surface area (Å²) in [5.74, 6) is 1.44. The van der Waals surface area contributed by atoms with Crippen LogP contribution < -0.4 is 14.8 Å². The number of carbonyl (C=O) groups excluding carboxylic acids is 1. The van der Waals surface area contributed by atoms with E-state index in [4.69, 9.17) is 21.1 Å². The van der Waals surface area contributed by atoms with Crippen molar-refractivity contribution in [1.82, 2.24) is 5.32 Å². The van der Waals surface area contributed by atoms with Gasteiger partial charge in [-0.25, -0.2) is 0 Å². The highest BCUT2D eigenvalue weighted by Gasteiger charge is 2.18. The third-order valence-electron chi connectivity index (χ3n) is 4.06. The van der Waals surface area contributed by atoms with Crippen LogP contribution in [0.1, 0.15) is 49.4 Å². The summed E-state index contributed by atoms with van der Waals surface area (Å²) < 4.78 is 10.7. The van der Waals surface area contributed by atoms with Crippen LogP contribution in [0.15, 0.2) is 12.1 Å². The van der Waals surface area contributed by atoms with E-state index < -0.39 is 0 Å². The monoisotopic (exact) mass is 325 g/mol. The van der Waals surface area contributed by atoms with Crippen molar-refractivity contribution in [2.45, 2.75) is 39.0 Å². The number of nitrogens with one attached hydrogen (secondary N) is 1. The van der Waals surface area contributed by atoms with E-state index in [-0.39, 0.29) is 5.91 Å². The topological polar surface area (TPSA) is 47.6 Å². The molecule has 0 atom stereocenters. The fourth-order valence-electron chi connectivity index (χ4n) is 2.87. The summed E-state index contributed by atoms with van der Waals surface area (Å²) in [7, 11) is 1.54. The van der Waals surface area contributed by atoms with E-state index in [1.807, 2.05) is 6.92 Å². The van der Waals surface area contributed by atoms with Crippen molar-refractivity contribution in [1.29, 1.82) is 0 Å². The zero-order chi connectivity index (χ0) is 15.9. The molecular formula is C17H24ClNO3. The first-order chi connectivity index (χ1) is 10.7. The Morgan fingerprint density at radius 3 is 2.68 bits per heavy atom. The summed E-state index contributed by atoms with van der Waals surface area (Å²) >= 11 is 6.20. The van der Waals surface area contributed by atoms with Crippen molar-refractivity contribution in [3.63, 3.8) is 0 Å². The molecule has 1 aliphatic rings. The number of methoxy groups -OCH3 is 1. The molecule has 1 aliphatic carbocycles. The van der Waals surface area contributed by atoms with E-state index in [2.05, 4.69) is 5.32 Å². The molecule has 1 N–H and O–H groups in total. The molecule has 4 nitrogen and oxygen atoms in total. The number of rotatable bonds is 6. The summed E-state index contributed by atoms with van der Waals surface area (Å²) in [5.41, 5.74) is 0.501. The second-order valence-corrected chi connectivity index (χ2v) is 6.04. The van der Waals surface area contributed by atoms with E-state index in [9.17, 15) is 4.79 Å². The van der Waals surface area contributed by atoms with Gasteiger partial charge in [0.1, 0.15) is 0 Å². The number of halogens is 1. The second kappa shape index (κ2) is 8.28.